The second kappa shape index (κ2) is 4.92. The molecule has 0 atom stereocenters. The van der Waals surface area contributed by atoms with Gasteiger partial charge in [0.05, 0.1) is 17.5 Å². The van der Waals surface area contributed by atoms with Crippen LogP contribution >= 0.6 is 0 Å². The maximum absolute atomic E-state index is 10.8. The molecule has 0 saturated carbocycles. The number of non-ortho nitro benzene ring substituents is 1. The van der Waals surface area contributed by atoms with Gasteiger partial charge in [-0.3, -0.25) is 10.1 Å². The van der Waals surface area contributed by atoms with Crippen molar-refractivity contribution in [3.63, 3.8) is 0 Å². The monoisotopic (exact) mass is 301 g/mol. The molecule has 8 heteroatoms. The summed E-state index contributed by atoms with van der Waals surface area (Å²) >= 11 is 0. The van der Waals surface area contributed by atoms with Gasteiger partial charge in [0.25, 0.3) is 5.69 Å². The van der Waals surface area contributed by atoms with Crippen LogP contribution in [0.4, 0.5) is 5.69 Å². The van der Waals surface area contributed by atoms with E-state index in [4.69, 9.17) is 4.74 Å². The molecule has 0 amide bonds. The van der Waals surface area contributed by atoms with Crippen LogP contribution in [0, 0.1) is 10.1 Å². The molecule has 0 unspecified atom stereocenters. The van der Waals surface area contributed by atoms with E-state index in [0.717, 1.165) is 4.73 Å². The van der Waals surface area contributed by atoms with Gasteiger partial charge in [-0.1, -0.05) is 0 Å². The van der Waals surface area contributed by atoms with Gasteiger partial charge in [0.1, 0.15) is 5.52 Å². The molecule has 0 spiro atoms. The van der Waals surface area contributed by atoms with Crippen molar-refractivity contribution < 1.29 is 20.0 Å². The molecule has 8 nitrogen and oxygen atoms in total. The molecule has 3 aromatic rings. The van der Waals surface area contributed by atoms with Crippen molar-refractivity contribution in [1.29, 1.82) is 0 Å². The Balaban J connectivity index is 2.19. The maximum atomic E-state index is 10.8. The van der Waals surface area contributed by atoms with Crippen molar-refractivity contribution >= 4 is 16.7 Å². The number of benzene rings is 2. The minimum absolute atomic E-state index is 0.0394. The molecule has 112 valence electrons. The van der Waals surface area contributed by atoms with Crippen molar-refractivity contribution in [3.05, 3.63) is 46.5 Å². The average molecular weight is 301 g/mol. The standard InChI is InChI=1S/C14H11N3O5/c1-22-13-6-8(2-5-12(13)18)14-15-10-4-3-9(17(20)21)7-11(10)16(14)19/h2-7,18-19H,1H3. The number of nitro groups is 1. The van der Waals surface area contributed by atoms with Gasteiger partial charge in [-0.25, -0.2) is 4.98 Å². The Hall–Kier alpha value is -3.29. The van der Waals surface area contributed by atoms with Crippen molar-refractivity contribution in [2.24, 2.45) is 0 Å². The normalized spacial score (nSPS) is 10.8. The third-order valence-corrected chi connectivity index (χ3v) is 3.26. The highest BCUT2D eigenvalue weighted by atomic mass is 16.6. The van der Waals surface area contributed by atoms with Crippen LogP contribution in [0.5, 0.6) is 11.5 Å². The van der Waals surface area contributed by atoms with Gasteiger partial charge in [-0.2, -0.15) is 4.73 Å². The lowest BCUT2D eigenvalue weighted by molar-refractivity contribution is -0.384. The first kappa shape index (κ1) is 13.7. The summed E-state index contributed by atoms with van der Waals surface area (Å²) in [4.78, 5) is 14.5. The first-order valence-electron chi connectivity index (χ1n) is 6.25. The van der Waals surface area contributed by atoms with E-state index < -0.39 is 4.92 Å². The van der Waals surface area contributed by atoms with Gasteiger partial charge in [-0.05, 0) is 24.3 Å². The van der Waals surface area contributed by atoms with E-state index in [9.17, 15) is 20.4 Å². The molecule has 0 bridgehead atoms. The highest BCUT2D eigenvalue weighted by Gasteiger charge is 2.16. The van der Waals surface area contributed by atoms with Gasteiger partial charge in [-0.15, -0.1) is 0 Å². The fourth-order valence-corrected chi connectivity index (χ4v) is 2.17. The highest BCUT2D eigenvalue weighted by molar-refractivity contribution is 5.82. The van der Waals surface area contributed by atoms with Crippen molar-refractivity contribution in [2.75, 3.05) is 7.11 Å². The predicted octanol–water partition coefficient (Wildman–Crippen LogP) is 2.56. The average Bonchev–Trinajstić information content (AvgIpc) is 2.84. The van der Waals surface area contributed by atoms with E-state index >= 15 is 0 Å². The molecule has 0 aliphatic rings. The topological polar surface area (TPSA) is 111 Å². The minimum atomic E-state index is -0.546. The van der Waals surface area contributed by atoms with Crippen LogP contribution in [0.1, 0.15) is 0 Å². The van der Waals surface area contributed by atoms with Crippen LogP contribution < -0.4 is 4.74 Å². The first-order valence-corrected chi connectivity index (χ1v) is 6.25. The van der Waals surface area contributed by atoms with Gasteiger partial charge in [0.15, 0.2) is 17.3 Å². The molecule has 3 rings (SSSR count). The van der Waals surface area contributed by atoms with E-state index in [-0.39, 0.29) is 28.5 Å². The summed E-state index contributed by atoms with van der Waals surface area (Å²) in [7, 11) is 1.41. The number of rotatable bonds is 3. The van der Waals surface area contributed by atoms with E-state index in [0.29, 0.717) is 11.1 Å². The van der Waals surface area contributed by atoms with Crippen molar-refractivity contribution in [2.45, 2.75) is 0 Å². The quantitative estimate of drug-likeness (QED) is 0.437. The van der Waals surface area contributed by atoms with Crippen LogP contribution in [0.25, 0.3) is 22.4 Å². The number of aromatic nitrogens is 2. The molecule has 0 aliphatic carbocycles. The van der Waals surface area contributed by atoms with Gasteiger partial charge in [0, 0.05) is 17.7 Å². The fourth-order valence-electron chi connectivity index (χ4n) is 2.17. The summed E-state index contributed by atoms with van der Waals surface area (Å²) in [6, 6.07) is 8.50. The van der Waals surface area contributed by atoms with Crippen LogP contribution in [-0.2, 0) is 0 Å². The van der Waals surface area contributed by atoms with Gasteiger partial charge in [0.2, 0.25) is 0 Å². The number of phenols is 1. The summed E-state index contributed by atoms with van der Waals surface area (Å²) in [5, 5.41) is 30.6. The zero-order valence-corrected chi connectivity index (χ0v) is 11.4. The van der Waals surface area contributed by atoms with Crippen molar-refractivity contribution in [1.82, 2.24) is 9.71 Å². The molecule has 2 N–H and O–H groups in total. The number of aromatic hydroxyl groups is 1. The molecule has 22 heavy (non-hydrogen) atoms. The number of hydrogen-bond donors (Lipinski definition) is 2. The maximum Gasteiger partial charge on any atom is 0.271 e. The molecular weight excluding hydrogens is 290 g/mol. The van der Waals surface area contributed by atoms with Gasteiger partial charge >= 0.3 is 0 Å². The highest BCUT2D eigenvalue weighted by Crippen LogP contribution is 2.32. The zero-order valence-electron chi connectivity index (χ0n) is 11.4. The third kappa shape index (κ3) is 2.06. The van der Waals surface area contributed by atoms with Crippen LogP contribution in [0.3, 0.4) is 0 Å². The lowest BCUT2D eigenvalue weighted by Crippen LogP contribution is -1.95. The van der Waals surface area contributed by atoms with E-state index in [1.54, 1.807) is 6.07 Å². The Labute approximate surface area is 123 Å². The second-order valence-corrected chi connectivity index (χ2v) is 4.56. The number of fused-ring (bicyclic) bond motifs is 1. The number of ether oxygens (including phenoxy) is 1. The Morgan fingerprint density at radius 2 is 2.05 bits per heavy atom. The largest absolute Gasteiger partial charge is 0.504 e. The molecule has 1 aromatic heterocycles. The summed E-state index contributed by atoms with van der Waals surface area (Å²) < 4.78 is 5.79. The number of hydrogen-bond acceptors (Lipinski definition) is 6. The number of phenolic OH excluding ortho intramolecular Hbond substituents is 1. The van der Waals surface area contributed by atoms with Crippen LogP contribution in [0.15, 0.2) is 36.4 Å². The number of methoxy groups -OCH3 is 1. The lowest BCUT2D eigenvalue weighted by Gasteiger charge is -2.06. The Bertz CT molecular complexity index is 888. The molecule has 0 radical (unpaired) electrons. The third-order valence-electron chi connectivity index (χ3n) is 3.26. The van der Waals surface area contributed by atoms with E-state index in [1.165, 1.54) is 37.4 Å². The summed E-state index contributed by atoms with van der Waals surface area (Å²) in [6.07, 6.45) is 0. The van der Waals surface area contributed by atoms with Crippen LogP contribution in [0.2, 0.25) is 0 Å². The minimum Gasteiger partial charge on any atom is -0.504 e. The number of nitrogens with zero attached hydrogens (tertiary/aromatic N) is 3. The number of imidazole rings is 1. The van der Waals surface area contributed by atoms with E-state index in [2.05, 4.69) is 4.98 Å². The molecule has 1 heterocycles. The number of nitro benzene ring substituents is 1. The Morgan fingerprint density at radius 3 is 2.73 bits per heavy atom. The SMILES string of the molecule is COc1cc(-c2nc3ccc([N+](=O)[O-])cc3n2O)ccc1O. The smallest absolute Gasteiger partial charge is 0.271 e. The zero-order chi connectivity index (χ0) is 15.9. The summed E-state index contributed by atoms with van der Waals surface area (Å²) in [6.45, 7) is 0. The van der Waals surface area contributed by atoms with Gasteiger partial charge < -0.3 is 15.1 Å². The Kier molecular flexibility index (Phi) is 3.06. The molecule has 0 fully saturated rings. The molecule has 2 aromatic carbocycles. The first-order chi connectivity index (χ1) is 10.5. The molecular formula is C14H11N3O5. The predicted molar refractivity (Wildman–Crippen MR) is 77.2 cm³/mol. The van der Waals surface area contributed by atoms with Crippen LogP contribution in [-0.4, -0.2) is 32.1 Å². The molecule has 0 aliphatic heterocycles. The second-order valence-electron chi connectivity index (χ2n) is 4.56. The fraction of sp³-hybridized carbons (Fsp3) is 0.0714. The lowest BCUT2D eigenvalue weighted by atomic mass is 10.2. The van der Waals surface area contributed by atoms with Crippen molar-refractivity contribution in [3.8, 4) is 22.9 Å². The molecule has 0 saturated heterocycles. The summed E-state index contributed by atoms with van der Waals surface area (Å²) in [5.74, 6) is 0.381. The Morgan fingerprint density at radius 1 is 1.27 bits per heavy atom. The van der Waals surface area contributed by atoms with E-state index in [1.807, 2.05) is 0 Å². The summed E-state index contributed by atoms with van der Waals surface area (Å²) in [5.41, 5.74) is 0.986.